The zero-order valence-corrected chi connectivity index (χ0v) is 14.4. The lowest BCUT2D eigenvalue weighted by atomic mass is 10.1. The number of aromatic nitrogens is 1. The maximum Gasteiger partial charge on any atom is 0.271 e. The molecule has 0 bridgehead atoms. The van der Waals surface area contributed by atoms with Crippen LogP contribution >= 0.6 is 11.3 Å². The van der Waals surface area contributed by atoms with E-state index in [0.29, 0.717) is 12.2 Å². The van der Waals surface area contributed by atoms with Gasteiger partial charge in [0.2, 0.25) is 0 Å². The molecular weight excluding hydrogens is 310 g/mol. The number of hydrogen-bond acceptors (Lipinski definition) is 5. The number of unbranched alkanes of at least 4 members (excludes halogenated alkanes) is 1. The molecule has 3 N–H and O–H groups in total. The first kappa shape index (κ1) is 17.4. The number of thiazole rings is 1. The number of methoxy groups -OCH3 is 1. The molecular formula is C17H23N3O2S. The van der Waals surface area contributed by atoms with E-state index < -0.39 is 0 Å². The Kier molecular flexibility index (Phi) is 6.55. The van der Waals surface area contributed by atoms with E-state index in [1.54, 1.807) is 12.5 Å². The fraction of sp³-hybridized carbons (Fsp3) is 0.412. The van der Waals surface area contributed by atoms with Gasteiger partial charge < -0.3 is 15.8 Å². The standard InChI is InChI=1S/C17H23N3O2S/c1-3-4-8-14(18)17-20-15(11-23-17)16(21)19-10-12-6-5-7-13(9-12)22-2/h5-7,9,11,14H,3-4,8,10,18H2,1-2H3,(H,19,21). The third-order valence-corrected chi connectivity index (χ3v) is 4.50. The topological polar surface area (TPSA) is 77.2 Å². The highest BCUT2D eigenvalue weighted by molar-refractivity contribution is 7.09. The first-order valence-corrected chi connectivity index (χ1v) is 8.64. The molecule has 1 atom stereocenters. The zero-order chi connectivity index (χ0) is 16.7. The predicted molar refractivity (Wildman–Crippen MR) is 92.7 cm³/mol. The Balaban J connectivity index is 1.91. The van der Waals surface area contributed by atoms with Gasteiger partial charge in [-0.25, -0.2) is 4.98 Å². The summed E-state index contributed by atoms with van der Waals surface area (Å²) in [6, 6.07) is 7.52. The molecule has 0 radical (unpaired) electrons. The van der Waals surface area contributed by atoms with Gasteiger partial charge in [0.05, 0.1) is 13.2 Å². The lowest BCUT2D eigenvalue weighted by Gasteiger charge is -2.07. The molecule has 0 aliphatic rings. The van der Waals surface area contributed by atoms with Crippen LogP contribution in [0.2, 0.25) is 0 Å². The van der Waals surface area contributed by atoms with Crippen molar-refractivity contribution >= 4 is 17.2 Å². The van der Waals surface area contributed by atoms with Crippen LogP contribution in [-0.2, 0) is 6.54 Å². The van der Waals surface area contributed by atoms with Crippen molar-refractivity contribution in [1.82, 2.24) is 10.3 Å². The molecule has 0 fully saturated rings. The van der Waals surface area contributed by atoms with Crippen molar-refractivity contribution in [1.29, 1.82) is 0 Å². The molecule has 0 saturated carbocycles. The second-order valence-electron chi connectivity index (χ2n) is 5.35. The zero-order valence-electron chi connectivity index (χ0n) is 13.5. The number of carbonyl (C=O) groups excluding carboxylic acids is 1. The molecule has 5 nitrogen and oxygen atoms in total. The van der Waals surface area contributed by atoms with Crippen LogP contribution in [0.1, 0.15) is 53.3 Å². The van der Waals surface area contributed by atoms with Crippen molar-refractivity contribution in [3.63, 3.8) is 0 Å². The highest BCUT2D eigenvalue weighted by Crippen LogP contribution is 2.21. The van der Waals surface area contributed by atoms with Gasteiger partial charge in [-0.2, -0.15) is 0 Å². The summed E-state index contributed by atoms with van der Waals surface area (Å²) in [5.74, 6) is 0.590. The number of hydrogen-bond donors (Lipinski definition) is 2. The summed E-state index contributed by atoms with van der Waals surface area (Å²) >= 11 is 1.45. The number of benzene rings is 1. The average molecular weight is 333 g/mol. The minimum Gasteiger partial charge on any atom is -0.497 e. The molecule has 2 aromatic rings. The molecule has 1 amide bonds. The molecule has 2 rings (SSSR count). The van der Waals surface area contributed by atoms with E-state index in [0.717, 1.165) is 35.6 Å². The molecule has 1 heterocycles. The normalized spacial score (nSPS) is 12.0. The van der Waals surface area contributed by atoms with Crippen molar-refractivity contribution in [3.8, 4) is 5.75 Å². The molecule has 1 unspecified atom stereocenters. The van der Waals surface area contributed by atoms with E-state index in [1.807, 2.05) is 24.3 Å². The molecule has 23 heavy (non-hydrogen) atoms. The maximum atomic E-state index is 12.2. The van der Waals surface area contributed by atoms with Gasteiger partial charge in [-0.3, -0.25) is 4.79 Å². The van der Waals surface area contributed by atoms with Gasteiger partial charge in [0.1, 0.15) is 16.5 Å². The number of rotatable bonds is 8. The summed E-state index contributed by atoms with van der Waals surface area (Å²) in [5, 5.41) is 5.46. The number of nitrogens with zero attached hydrogens (tertiary/aromatic N) is 1. The van der Waals surface area contributed by atoms with E-state index in [-0.39, 0.29) is 11.9 Å². The summed E-state index contributed by atoms with van der Waals surface area (Å²) in [5.41, 5.74) is 7.50. The number of carbonyl (C=O) groups is 1. The number of nitrogens with one attached hydrogen (secondary N) is 1. The average Bonchev–Trinajstić information content (AvgIpc) is 3.08. The van der Waals surface area contributed by atoms with Crippen LogP contribution in [0.4, 0.5) is 0 Å². The van der Waals surface area contributed by atoms with E-state index in [1.165, 1.54) is 11.3 Å². The van der Waals surface area contributed by atoms with Crippen molar-refractivity contribution in [2.75, 3.05) is 7.11 Å². The van der Waals surface area contributed by atoms with E-state index in [4.69, 9.17) is 10.5 Å². The van der Waals surface area contributed by atoms with Gasteiger partial charge in [0, 0.05) is 11.9 Å². The molecule has 0 aliphatic heterocycles. The Bertz CT molecular complexity index is 642. The van der Waals surface area contributed by atoms with Gasteiger partial charge in [0.25, 0.3) is 5.91 Å². The second-order valence-corrected chi connectivity index (χ2v) is 6.24. The van der Waals surface area contributed by atoms with Crippen LogP contribution in [0.5, 0.6) is 5.75 Å². The Hall–Kier alpha value is -1.92. The highest BCUT2D eigenvalue weighted by atomic mass is 32.1. The van der Waals surface area contributed by atoms with Crippen LogP contribution in [0.15, 0.2) is 29.6 Å². The largest absolute Gasteiger partial charge is 0.497 e. The Morgan fingerprint density at radius 2 is 2.30 bits per heavy atom. The summed E-state index contributed by atoms with van der Waals surface area (Å²) < 4.78 is 5.17. The minimum atomic E-state index is -0.182. The SMILES string of the molecule is CCCCC(N)c1nc(C(=O)NCc2cccc(OC)c2)cs1. The second kappa shape index (κ2) is 8.64. The number of amides is 1. The fourth-order valence-electron chi connectivity index (χ4n) is 2.17. The van der Waals surface area contributed by atoms with Crippen LogP contribution in [-0.4, -0.2) is 18.0 Å². The van der Waals surface area contributed by atoms with Crippen LogP contribution < -0.4 is 15.8 Å². The monoisotopic (exact) mass is 333 g/mol. The predicted octanol–water partition coefficient (Wildman–Crippen LogP) is 3.27. The molecule has 0 aliphatic carbocycles. The van der Waals surface area contributed by atoms with Crippen molar-refractivity contribution in [2.24, 2.45) is 5.73 Å². The summed E-state index contributed by atoms with van der Waals surface area (Å²) in [4.78, 5) is 16.5. The first-order chi connectivity index (χ1) is 11.1. The minimum absolute atomic E-state index is 0.0834. The van der Waals surface area contributed by atoms with Gasteiger partial charge in [-0.15, -0.1) is 11.3 Å². The van der Waals surface area contributed by atoms with Crippen LogP contribution in [0.3, 0.4) is 0 Å². The quantitative estimate of drug-likeness (QED) is 0.777. The summed E-state index contributed by atoms with van der Waals surface area (Å²) in [6.45, 7) is 2.57. The van der Waals surface area contributed by atoms with Gasteiger partial charge >= 0.3 is 0 Å². The van der Waals surface area contributed by atoms with Crippen LogP contribution in [0, 0.1) is 0 Å². The molecule has 0 spiro atoms. The molecule has 124 valence electrons. The Morgan fingerprint density at radius 1 is 1.48 bits per heavy atom. The van der Waals surface area contributed by atoms with Crippen molar-refractivity contribution in [2.45, 2.75) is 38.8 Å². The molecule has 6 heteroatoms. The lowest BCUT2D eigenvalue weighted by Crippen LogP contribution is -2.23. The Morgan fingerprint density at radius 3 is 3.04 bits per heavy atom. The number of ether oxygens (including phenoxy) is 1. The van der Waals surface area contributed by atoms with E-state index in [9.17, 15) is 4.79 Å². The molecule has 0 saturated heterocycles. The van der Waals surface area contributed by atoms with Crippen LogP contribution in [0.25, 0.3) is 0 Å². The maximum absolute atomic E-state index is 12.2. The van der Waals surface area contributed by atoms with Gasteiger partial charge in [-0.05, 0) is 24.1 Å². The van der Waals surface area contributed by atoms with Crippen molar-refractivity contribution < 1.29 is 9.53 Å². The first-order valence-electron chi connectivity index (χ1n) is 7.76. The fourth-order valence-corrected chi connectivity index (χ4v) is 3.00. The summed E-state index contributed by atoms with van der Waals surface area (Å²) in [7, 11) is 1.62. The third-order valence-electron chi connectivity index (χ3n) is 3.53. The molecule has 1 aromatic heterocycles. The van der Waals surface area contributed by atoms with E-state index in [2.05, 4.69) is 17.2 Å². The smallest absolute Gasteiger partial charge is 0.271 e. The molecule has 1 aromatic carbocycles. The highest BCUT2D eigenvalue weighted by Gasteiger charge is 2.14. The van der Waals surface area contributed by atoms with Gasteiger partial charge in [0.15, 0.2) is 0 Å². The van der Waals surface area contributed by atoms with Gasteiger partial charge in [-0.1, -0.05) is 31.9 Å². The number of nitrogens with two attached hydrogens (primary N) is 1. The summed E-state index contributed by atoms with van der Waals surface area (Å²) in [6.07, 6.45) is 3.07. The Labute approximate surface area is 140 Å². The van der Waals surface area contributed by atoms with E-state index >= 15 is 0 Å². The lowest BCUT2D eigenvalue weighted by molar-refractivity contribution is 0.0946. The van der Waals surface area contributed by atoms with Crippen molar-refractivity contribution in [3.05, 3.63) is 45.9 Å². The third kappa shape index (κ3) is 5.04.